The lowest BCUT2D eigenvalue weighted by Gasteiger charge is -2.26. The molecule has 4 heteroatoms. The fourth-order valence-electron chi connectivity index (χ4n) is 1.73. The average molecular weight is 278 g/mol. The first-order valence-corrected chi connectivity index (χ1v) is 6.95. The molecule has 1 rings (SSSR count). The molecule has 3 N–H and O–H groups in total. The number of nitrogens with two attached hydrogens (primary N) is 1. The molecule has 0 aliphatic heterocycles. The van der Waals surface area contributed by atoms with Crippen LogP contribution in [0.3, 0.4) is 0 Å². The molecule has 1 aromatic carbocycles. The van der Waals surface area contributed by atoms with Gasteiger partial charge < -0.3 is 15.8 Å². The predicted octanol–water partition coefficient (Wildman–Crippen LogP) is 3.09. The molecule has 1 atom stereocenters. The summed E-state index contributed by atoms with van der Waals surface area (Å²) in [6, 6.07) is 5.07. The Labute approximate surface area is 121 Å². The van der Waals surface area contributed by atoms with Gasteiger partial charge in [0, 0.05) is 5.69 Å². The maximum absolute atomic E-state index is 12.1. The average Bonchev–Trinajstić information content (AvgIpc) is 2.29. The van der Waals surface area contributed by atoms with E-state index in [-0.39, 0.29) is 17.4 Å². The molecule has 112 valence electrons. The second-order valence-electron chi connectivity index (χ2n) is 6.48. The standard InChI is InChI=1S/C16H26N2O2/c1-10(2)20-12-7-8-13(11(3)9-12)18-15(19)14(17)16(4,5)6/h7-10,14H,17H2,1-6H3,(H,18,19)/t14-/m1/s1. The van der Waals surface area contributed by atoms with E-state index in [1.807, 2.05) is 59.7 Å². The van der Waals surface area contributed by atoms with Gasteiger partial charge in [0.25, 0.3) is 0 Å². The Balaban J connectivity index is 2.81. The van der Waals surface area contributed by atoms with Gasteiger partial charge in [0.2, 0.25) is 5.91 Å². The number of aryl methyl sites for hydroxylation is 1. The Kier molecular flexibility index (Phi) is 5.17. The number of hydrogen-bond donors (Lipinski definition) is 2. The smallest absolute Gasteiger partial charge is 0.241 e. The Morgan fingerprint density at radius 3 is 2.35 bits per heavy atom. The first kappa shape index (κ1) is 16.5. The van der Waals surface area contributed by atoms with Crippen LogP contribution in [0.5, 0.6) is 5.75 Å². The van der Waals surface area contributed by atoms with E-state index in [1.54, 1.807) is 0 Å². The number of nitrogens with one attached hydrogen (secondary N) is 1. The molecule has 0 saturated carbocycles. The second kappa shape index (κ2) is 6.27. The second-order valence-corrected chi connectivity index (χ2v) is 6.48. The first-order valence-electron chi connectivity index (χ1n) is 6.95. The maximum atomic E-state index is 12.1. The third-order valence-corrected chi connectivity index (χ3v) is 3.04. The highest BCUT2D eigenvalue weighted by atomic mass is 16.5. The Bertz CT molecular complexity index is 476. The molecule has 1 amide bonds. The molecule has 1 aromatic rings. The SMILES string of the molecule is Cc1cc(OC(C)C)ccc1NC(=O)[C@@H](N)C(C)(C)C. The van der Waals surface area contributed by atoms with Crippen LogP contribution in [-0.4, -0.2) is 18.1 Å². The largest absolute Gasteiger partial charge is 0.491 e. The van der Waals surface area contributed by atoms with Gasteiger partial charge in [-0.2, -0.15) is 0 Å². The van der Waals surface area contributed by atoms with Crippen LogP contribution in [0.2, 0.25) is 0 Å². The molecular formula is C16H26N2O2. The summed E-state index contributed by atoms with van der Waals surface area (Å²) in [5.41, 5.74) is 7.41. The molecular weight excluding hydrogens is 252 g/mol. The minimum Gasteiger partial charge on any atom is -0.491 e. The van der Waals surface area contributed by atoms with Crippen LogP contribution < -0.4 is 15.8 Å². The van der Waals surface area contributed by atoms with Crippen LogP contribution in [0.15, 0.2) is 18.2 Å². The van der Waals surface area contributed by atoms with Gasteiger partial charge in [-0.15, -0.1) is 0 Å². The van der Waals surface area contributed by atoms with E-state index < -0.39 is 6.04 Å². The van der Waals surface area contributed by atoms with Gasteiger partial charge >= 0.3 is 0 Å². The highest BCUT2D eigenvalue weighted by Gasteiger charge is 2.27. The van der Waals surface area contributed by atoms with Crippen LogP contribution in [0.1, 0.15) is 40.2 Å². The number of hydrogen-bond acceptors (Lipinski definition) is 3. The lowest BCUT2D eigenvalue weighted by atomic mass is 9.87. The predicted molar refractivity (Wildman–Crippen MR) is 83.0 cm³/mol. The summed E-state index contributed by atoms with van der Waals surface area (Å²) in [5, 5.41) is 2.88. The zero-order valence-electron chi connectivity index (χ0n) is 13.3. The van der Waals surface area contributed by atoms with Crippen LogP contribution in [0.25, 0.3) is 0 Å². The molecule has 0 spiro atoms. The zero-order valence-corrected chi connectivity index (χ0v) is 13.3. The van der Waals surface area contributed by atoms with Crippen LogP contribution in [0, 0.1) is 12.3 Å². The fourth-order valence-corrected chi connectivity index (χ4v) is 1.73. The van der Waals surface area contributed by atoms with Crippen molar-refractivity contribution >= 4 is 11.6 Å². The Hall–Kier alpha value is -1.55. The van der Waals surface area contributed by atoms with Crippen molar-refractivity contribution in [3.05, 3.63) is 23.8 Å². The highest BCUT2D eigenvalue weighted by molar-refractivity contribution is 5.95. The lowest BCUT2D eigenvalue weighted by Crippen LogP contribution is -2.45. The topological polar surface area (TPSA) is 64.3 Å². The summed E-state index contributed by atoms with van der Waals surface area (Å²) in [6.07, 6.45) is 0.129. The van der Waals surface area contributed by atoms with Gasteiger partial charge in [0.05, 0.1) is 12.1 Å². The number of anilines is 1. The summed E-state index contributed by atoms with van der Waals surface area (Å²) in [4.78, 5) is 12.1. The minimum atomic E-state index is -0.548. The van der Waals surface area contributed by atoms with Gasteiger partial charge in [-0.05, 0) is 49.9 Å². The number of rotatable bonds is 4. The quantitative estimate of drug-likeness (QED) is 0.889. The maximum Gasteiger partial charge on any atom is 0.241 e. The third-order valence-electron chi connectivity index (χ3n) is 3.04. The number of amides is 1. The molecule has 0 saturated heterocycles. The molecule has 0 aromatic heterocycles. The van der Waals surface area contributed by atoms with Crippen molar-refractivity contribution in [3.8, 4) is 5.75 Å². The number of carbonyl (C=O) groups excluding carboxylic acids is 1. The summed E-state index contributed by atoms with van der Waals surface area (Å²) >= 11 is 0. The van der Waals surface area contributed by atoms with Crippen molar-refractivity contribution < 1.29 is 9.53 Å². The molecule has 4 nitrogen and oxygen atoms in total. The summed E-state index contributed by atoms with van der Waals surface area (Å²) in [5.74, 6) is 0.633. The molecule has 0 unspecified atom stereocenters. The molecule has 0 bridgehead atoms. The van der Waals surface area contributed by atoms with Crippen LogP contribution in [0.4, 0.5) is 5.69 Å². The van der Waals surface area contributed by atoms with Crippen molar-refractivity contribution in [2.24, 2.45) is 11.1 Å². The summed E-state index contributed by atoms with van der Waals surface area (Å²) in [7, 11) is 0. The van der Waals surface area contributed by atoms with E-state index in [1.165, 1.54) is 0 Å². The van der Waals surface area contributed by atoms with Gasteiger partial charge in [-0.1, -0.05) is 20.8 Å². The normalized spacial score (nSPS) is 13.2. The molecule has 0 fully saturated rings. The van der Waals surface area contributed by atoms with E-state index in [9.17, 15) is 4.79 Å². The fraction of sp³-hybridized carbons (Fsp3) is 0.562. The first-order chi connectivity index (χ1) is 9.11. The van der Waals surface area contributed by atoms with Crippen molar-refractivity contribution in [1.29, 1.82) is 0 Å². The van der Waals surface area contributed by atoms with Gasteiger partial charge in [0.1, 0.15) is 5.75 Å². The minimum absolute atomic E-state index is 0.129. The van der Waals surface area contributed by atoms with Crippen molar-refractivity contribution in [1.82, 2.24) is 0 Å². The highest BCUT2D eigenvalue weighted by Crippen LogP contribution is 2.24. The summed E-state index contributed by atoms with van der Waals surface area (Å²) < 4.78 is 5.62. The van der Waals surface area contributed by atoms with Crippen LogP contribution >= 0.6 is 0 Å². The third kappa shape index (κ3) is 4.53. The van der Waals surface area contributed by atoms with E-state index in [0.29, 0.717) is 0 Å². The lowest BCUT2D eigenvalue weighted by molar-refractivity contribution is -0.119. The van der Waals surface area contributed by atoms with Crippen molar-refractivity contribution in [2.45, 2.75) is 53.7 Å². The number of benzene rings is 1. The zero-order chi connectivity index (χ0) is 15.5. The monoisotopic (exact) mass is 278 g/mol. The number of carbonyl (C=O) groups is 1. The van der Waals surface area contributed by atoms with E-state index in [0.717, 1.165) is 17.0 Å². The molecule has 0 radical (unpaired) electrons. The molecule has 0 heterocycles. The van der Waals surface area contributed by atoms with E-state index in [4.69, 9.17) is 10.5 Å². The molecule has 0 aliphatic rings. The van der Waals surface area contributed by atoms with Crippen molar-refractivity contribution in [3.63, 3.8) is 0 Å². The van der Waals surface area contributed by atoms with E-state index in [2.05, 4.69) is 5.32 Å². The number of ether oxygens (including phenoxy) is 1. The van der Waals surface area contributed by atoms with Gasteiger partial charge in [0.15, 0.2) is 0 Å². The summed E-state index contributed by atoms with van der Waals surface area (Å²) in [6.45, 7) is 11.7. The van der Waals surface area contributed by atoms with Gasteiger partial charge in [-0.3, -0.25) is 4.79 Å². The van der Waals surface area contributed by atoms with Crippen LogP contribution in [-0.2, 0) is 4.79 Å². The molecule has 20 heavy (non-hydrogen) atoms. The molecule has 0 aliphatic carbocycles. The van der Waals surface area contributed by atoms with E-state index >= 15 is 0 Å². The Morgan fingerprint density at radius 1 is 1.30 bits per heavy atom. The Morgan fingerprint density at radius 2 is 1.90 bits per heavy atom. The van der Waals surface area contributed by atoms with Crippen molar-refractivity contribution in [2.75, 3.05) is 5.32 Å². The van der Waals surface area contributed by atoms with Gasteiger partial charge in [-0.25, -0.2) is 0 Å².